The average Bonchev–Trinajstić information content (AvgIpc) is 2.97. The van der Waals surface area contributed by atoms with E-state index in [1.54, 1.807) is 19.4 Å². The van der Waals surface area contributed by atoms with Gasteiger partial charge in [0.15, 0.2) is 0 Å². The molecule has 7 heteroatoms. The molecule has 0 saturated heterocycles. The number of rotatable bonds is 5. The predicted molar refractivity (Wildman–Crippen MR) is 84.6 cm³/mol. The van der Waals surface area contributed by atoms with E-state index in [0.29, 0.717) is 17.8 Å². The second kappa shape index (κ2) is 7.26. The van der Waals surface area contributed by atoms with Crippen molar-refractivity contribution in [3.63, 3.8) is 0 Å². The molecule has 0 bridgehead atoms. The van der Waals surface area contributed by atoms with Crippen molar-refractivity contribution in [1.29, 1.82) is 0 Å². The van der Waals surface area contributed by atoms with Crippen LogP contribution < -0.4 is 10.6 Å². The lowest BCUT2D eigenvalue weighted by Crippen LogP contribution is -2.40. The Balaban J connectivity index is 1.98. The van der Waals surface area contributed by atoms with Gasteiger partial charge in [0.25, 0.3) is 0 Å². The van der Waals surface area contributed by atoms with Crippen LogP contribution in [0.2, 0.25) is 5.02 Å². The van der Waals surface area contributed by atoms with E-state index in [-0.39, 0.29) is 17.1 Å². The minimum Gasteiger partial charge on any atom is -0.335 e. The summed E-state index contributed by atoms with van der Waals surface area (Å²) in [6.45, 7) is 4.22. The molecule has 2 aromatic rings. The number of hydrogen-bond acceptors (Lipinski definition) is 2. The van der Waals surface area contributed by atoms with E-state index in [0.717, 1.165) is 6.42 Å². The smallest absolute Gasteiger partial charge is 0.319 e. The van der Waals surface area contributed by atoms with Gasteiger partial charge in [0.2, 0.25) is 0 Å². The van der Waals surface area contributed by atoms with Gasteiger partial charge in [-0.25, -0.2) is 14.2 Å². The summed E-state index contributed by atoms with van der Waals surface area (Å²) in [5, 5.41) is 5.68. The van der Waals surface area contributed by atoms with Gasteiger partial charge in [0, 0.05) is 25.0 Å². The van der Waals surface area contributed by atoms with Crippen LogP contribution in [0.15, 0.2) is 30.9 Å². The van der Waals surface area contributed by atoms with E-state index in [1.807, 2.05) is 17.7 Å². The quantitative estimate of drug-likeness (QED) is 0.883. The first-order valence-electron chi connectivity index (χ1n) is 6.98. The molecule has 2 amide bonds. The van der Waals surface area contributed by atoms with Gasteiger partial charge in [-0.3, -0.25) is 0 Å². The molecule has 1 unspecified atom stereocenters. The molecule has 118 valence electrons. The fourth-order valence-electron chi connectivity index (χ4n) is 2.02. The first-order valence-corrected chi connectivity index (χ1v) is 7.36. The maximum atomic E-state index is 13.4. The molecule has 22 heavy (non-hydrogen) atoms. The van der Waals surface area contributed by atoms with E-state index in [9.17, 15) is 9.18 Å². The highest BCUT2D eigenvalue weighted by atomic mass is 35.5. The standard InChI is InChI=1S/C15H18ClFN4O/c1-3-11(8-21-5-4-18-9-21)19-15(22)20-14-6-10(2)13(17)7-12(14)16/h4-7,9,11H,3,8H2,1-2H3,(H2,19,20,22). The summed E-state index contributed by atoms with van der Waals surface area (Å²) in [4.78, 5) is 16.0. The fraction of sp³-hybridized carbons (Fsp3) is 0.333. The zero-order valence-electron chi connectivity index (χ0n) is 12.4. The van der Waals surface area contributed by atoms with Gasteiger partial charge >= 0.3 is 6.03 Å². The molecule has 0 saturated carbocycles. The van der Waals surface area contributed by atoms with Gasteiger partial charge in [-0.05, 0) is 31.0 Å². The monoisotopic (exact) mass is 324 g/mol. The molecular formula is C15H18ClFN4O. The number of amides is 2. The Morgan fingerprint density at radius 1 is 1.50 bits per heavy atom. The number of imidazole rings is 1. The van der Waals surface area contributed by atoms with Gasteiger partial charge in [-0.1, -0.05) is 18.5 Å². The first kappa shape index (κ1) is 16.3. The van der Waals surface area contributed by atoms with Gasteiger partial charge in [-0.15, -0.1) is 0 Å². The largest absolute Gasteiger partial charge is 0.335 e. The number of urea groups is 1. The lowest BCUT2D eigenvalue weighted by molar-refractivity contribution is 0.246. The normalized spacial score (nSPS) is 12.0. The van der Waals surface area contributed by atoms with Crippen molar-refractivity contribution in [2.75, 3.05) is 5.32 Å². The van der Waals surface area contributed by atoms with E-state index >= 15 is 0 Å². The summed E-state index contributed by atoms with van der Waals surface area (Å²) >= 11 is 5.94. The third-order valence-corrected chi connectivity index (χ3v) is 3.63. The number of hydrogen-bond donors (Lipinski definition) is 2. The molecule has 0 aliphatic carbocycles. The van der Waals surface area contributed by atoms with Crippen LogP contribution in [0.4, 0.5) is 14.9 Å². The number of carbonyl (C=O) groups excluding carboxylic acids is 1. The fourth-order valence-corrected chi connectivity index (χ4v) is 2.22. The van der Waals surface area contributed by atoms with Crippen molar-refractivity contribution in [2.24, 2.45) is 0 Å². The topological polar surface area (TPSA) is 59.0 Å². The van der Waals surface area contributed by atoms with Gasteiger partial charge in [0.1, 0.15) is 5.82 Å². The molecule has 0 radical (unpaired) electrons. The molecule has 1 aromatic carbocycles. The van der Waals surface area contributed by atoms with Crippen molar-refractivity contribution in [1.82, 2.24) is 14.9 Å². The molecule has 1 aromatic heterocycles. The molecule has 0 aliphatic rings. The highest BCUT2D eigenvalue weighted by Crippen LogP contribution is 2.25. The number of carbonyl (C=O) groups is 1. The lowest BCUT2D eigenvalue weighted by atomic mass is 10.2. The zero-order chi connectivity index (χ0) is 16.1. The molecule has 5 nitrogen and oxygen atoms in total. The Labute approximate surface area is 133 Å². The van der Waals surface area contributed by atoms with E-state index in [2.05, 4.69) is 15.6 Å². The van der Waals surface area contributed by atoms with Crippen molar-refractivity contribution < 1.29 is 9.18 Å². The third-order valence-electron chi connectivity index (χ3n) is 3.31. The Morgan fingerprint density at radius 3 is 2.91 bits per heavy atom. The van der Waals surface area contributed by atoms with Crippen molar-refractivity contribution in [2.45, 2.75) is 32.9 Å². The minimum absolute atomic E-state index is 0.0467. The van der Waals surface area contributed by atoms with Gasteiger partial charge in [0.05, 0.1) is 17.0 Å². The van der Waals surface area contributed by atoms with Crippen molar-refractivity contribution in [3.8, 4) is 0 Å². The lowest BCUT2D eigenvalue weighted by Gasteiger charge is -2.18. The summed E-state index contributed by atoms with van der Waals surface area (Å²) in [6, 6.07) is 2.28. The van der Waals surface area contributed by atoms with Crippen LogP contribution in [0.25, 0.3) is 0 Å². The molecular weight excluding hydrogens is 307 g/mol. The molecule has 0 aliphatic heterocycles. The second-order valence-electron chi connectivity index (χ2n) is 5.04. The van der Waals surface area contributed by atoms with Crippen molar-refractivity contribution >= 4 is 23.3 Å². The number of aryl methyl sites for hydroxylation is 1. The number of aromatic nitrogens is 2. The summed E-state index contributed by atoms with van der Waals surface area (Å²) in [7, 11) is 0. The highest BCUT2D eigenvalue weighted by Gasteiger charge is 2.13. The van der Waals surface area contributed by atoms with Gasteiger partial charge in [-0.2, -0.15) is 0 Å². The Morgan fingerprint density at radius 2 is 2.27 bits per heavy atom. The van der Waals surface area contributed by atoms with Gasteiger partial charge < -0.3 is 15.2 Å². The number of anilines is 1. The summed E-state index contributed by atoms with van der Waals surface area (Å²) in [5.41, 5.74) is 0.806. The van der Waals surface area contributed by atoms with Crippen LogP contribution in [0, 0.1) is 12.7 Å². The minimum atomic E-state index is -0.400. The average molecular weight is 325 g/mol. The molecule has 2 N–H and O–H groups in total. The van der Waals surface area contributed by atoms with E-state index in [4.69, 9.17) is 11.6 Å². The molecule has 0 spiro atoms. The number of benzene rings is 1. The van der Waals surface area contributed by atoms with Crippen LogP contribution in [-0.4, -0.2) is 21.6 Å². The Bertz CT molecular complexity index is 645. The SMILES string of the molecule is CCC(Cn1ccnc1)NC(=O)Nc1cc(C)c(F)cc1Cl. The molecule has 0 fully saturated rings. The summed E-state index contributed by atoms with van der Waals surface area (Å²) in [6.07, 6.45) is 5.99. The highest BCUT2D eigenvalue weighted by molar-refractivity contribution is 6.33. The molecule has 2 rings (SSSR count). The summed E-state index contributed by atoms with van der Waals surface area (Å²) in [5.74, 6) is -0.400. The van der Waals surface area contributed by atoms with Crippen LogP contribution in [0.5, 0.6) is 0 Å². The number of halogens is 2. The van der Waals surface area contributed by atoms with Crippen LogP contribution in [0.3, 0.4) is 0 Å². The van der Waals surface area contributed by atoms with E-state index in [1.165, 1.54) is 12.1 Å². The Hall–Kier alpha value is -2.08. The van der Waals surface area contributed by atoms with E-state index < -0.39 is 5.82 Å². The van der Waals surface area contributed by atoms with Crippen molar-refractivity contribution in [3.05, 3.63) is 47.3 Å². The predicted octanol–water partition coefficient (Wildman–Crippen LogP) is 3.58. The first-order chi connectivity index (χ1) is 10.5. The summed E-state index contributed by atoms with van der Waals surface area (Å²) < 4.78 is 15.2. The number of nitrogens with one attached hydrogen (secondary N) is 2. The van der Waals surface area contributed by atoms with Crippen LogP contribution in [0.1, 0.15) is 18.9 Å². The third kappa shape index (κ3) is 4.21. The maximum Gasteiger partial charge on any atom is 0.319 e. The maximum absolute atomic E-state index is 13.4. The second-order valence-corrected chi connectivity index (χ2v) is 5.45. The van der Waals surface area contributed by atoms with Crippen LogP contribution in [-0.2, 0) is 6.54 Å². The Kier molecular flexibility index (Phi) is 5.38. The molecule has 1 atom stereocenters. The molecule has 1 heterocycles. The van der Waals surface area contributed by atoms with Crippen LogP contribution >= 0.6 is 11.6 Å². The number of nitrogens with zero attached hydrogens (tertiary/aromatic N) is 2. The zero-order valence-corrected chi connectivity index (χ0v) is 13.2.